The molecule has 0 unspecified atom stereocenters. The summed E-state index contributed by atoms with van der Waals surface area (Å²) in [5, 5.41) is 2.28. The Morgan fingerprint density at radius 2 is 1.91 bits per heavy atom. The molecule has 0 N–H and O–H groups in total. The molecule has 0 radical (unpaired) electrons. The largest absolute Gasteiger partial charge is 0.469 e. The van der Waals surface area contributed by atoms with Crippen molar-refractivity contribution in [2.75, 3.05) is 13.7 Å². The fraction of sp³-hybridized carbons (Fsp3) is 0.188. The summed E-state index contributed by atoms with van der Waals surface area (Å²) in [5.74, 6) is -1.21. The summed E-state index contributed by atoms with van der Waals surface area (Å²) >= 11 is 7.23. The van der Waals surface area contributed by atoms with Crippen molar-refractivity contribution >= 4 is 40.7 Å². The van der Waals surface area contributed by atoms with Crippen LogP contribution in [0.2, 0.25) is 5.02 Å². The molecule has 2 aromatic rings. The van der Waals surface area contributed by atoms with Gasteiger partial charge >= 0.3 is 5.97 Å². The Morgan fingerprint density at radius 3 is 2.57 bits per heavy atom. The molecule has 3 rings (SSSR count). The number of carbonyl (C=O) groups is 3. The number of esters is 1. The molecule has 23 heavy (non-hydrogen) atoms. The van der Waals surface area contributed by atoms with E-state index in [1.165, 1.54) is 18.4 Å². The summed E-state index contributed by atoms with van der Waals surface area (Å²) in [7, 11) is 1.27. The quantitative estimate of drug-likeness (QED) is 0.628. The topological polar surface area (TPSA) is 63.7 Å². The van der Waals surface area contributed by atoms with Crippen LogP contribution >= 0.6 is 22.9 Å². The minimum Gasteiger partial charge on any atom is -0.469 e. The molecule has 0 saturated carbocycles. The maximum Gasteiger partial charge on any atom is 0.307 e. The van der Waals surface area contributed by atoms with E-state index in [9.17, 15) is 14.4 Å². The van der Waals surface area contributed by atoms with Crippen molar-refractivity contribution in [1.29, 1.82) is 0 Å². The molecule has 1 aromatic heterocycles. The molecule has 0 aliphatic carbocycles. The molecule has 0 spiro atoms. The fourth-order valence-corrected chi connectivity index (χ4v) is 3.59. The van der Waals surface area contributed by atoms with Crippen molar-refractivity contribution in [2.24, 2.45) is 0 Å². The first kappa shape index (κ1) is 15.7. The monoisotopic (exact) mass is 349 g/mol. The van der Waals surface area contributed by atoms with Crippen molar-refractivity contribution in [3.63, 3.8) is 0 Å². The molecule has 0 atom stereocenters. The summed E-state index contributed by atoms with van der Waals surface area (Å²) in [5.41, 5.74) is 1.61. The lowest BCUT2D eigenvalue weighted by Gasteiger charge is -2.13. The lowest BCUT2D eigenvalue weighted by Crippen LogP contribution is -2.32. The number of nitrogens with zero attached hydrogens (tertiary/aromatic N) is 1. The van der Waals surface area contributed by atoms with E-state index in [0.717, 1.165) is 15.3 Å². The van der Waals surface area contributed by atoms with Crippen molar-refractivity contribution in [2.45, 2.75) is 6.42 Å². The van der Waals surface area contributed by atoms with Crippen LogP contribution in [-0.2, 0) is 9.53 Å². The Bertz CT molecular complexity index is 797. The molecule has 0 fully saturated rings. The first-order valence-corrected chi connectivity index (χ1v) is 8.09. The van der Waals surface area contributed by atoms with Gasteiger partial charge in [0, 0.05) is 21.8 Å². The summed E-state index contributed by atoms with van der Waals surface area (Å²) in [6.45, 7) is 0.0176. The van der Waals surface area contributed by atoms with E-state index in [1.54, 1.807) is 17.5 Å². The smallest absolute Gasteiger partial charge is 0.307 e. The number of carbonyl (C=O) groups excluding carboxylic acids is 3. The number of fused-ring (bicyclic) bond motifs is 1. The predicted molar refractivity (Wildman–Crippen MR) is 86.8 cm³/mol. The number of hydrogen-bond donors (Lipinski definition) is 0. The fourth-order valence-electron chi connectivity index (χ4n) is 2.42. The van der Waals surface area contributed by atoms with Gasteiger partial charge in [0.15, 0.2) is 0 Å². The highest BCUT2D eigenvalue weighted by Crippen LogP contribution is 2.38. The number of benzene rings is 1. The first-order valence-electron chi connectivity index (χ1n) is 6.83. The SMILES string of the molecule is COC(=O)CCN1C(=O)c2csc(-c3ccc(Cl)cc3)c2C1=O. The summed E-state index contributed by atoms with van der Waals surface area (Å²) < 4.78 is 4.54. The number of ether oxygens (including phenoxy) is 1. The number of rotatable bonds is 4. The highest BCUT2D eigenvalue weighted by molar-refractivity contribution is 7.14. The number of amides is 2. The van der Waals surface area contributed by atoms with Gasteiger partial charge in [-0.1, -0.05) is 23.7 Å². The van der Waals surface area contributed by atoms with E-state index >= 15 is 0 Å². The minimum absolute atomic E-state index is 0.0159. The summed E-state index contributed by atoms with van der Waals surface area (Å²) in [6, 6.07) is 7.09. The van der Waals surface area contributed by atoms with Crippen LogP contribution in [0.4, 0.5) is 0 Å². The van der Waals surface area contributed by atoms with E-state index < -0.39 is 5.97 Å². The van der Waals surface area contributed by atoms with E-state index in [2.05, 4.69) is 4.74 Å². The van der Waals surface area contributed by atoms with E-state index in [-0.39, 0.29) is 24.8 Å². The standard InChI is InChI=1S/C16H12ClNO4S/c1-22-12(19)6-7-18-15(20)11-8-23-14(13(11)16(18)21)9-2-4-10(17)5-3-9/h2-5,8H,6-7H2,1H3. The van der Waals surface area contributed by atoms with Crippen LogP contribution in [-0.4, -0.2) is 36.3 Å². The van der Waals surface area contributed by atoms with Gasteiger partial charge < -0.3 is 4.74 Å². The van der Waals surface area contributed by atoms with Crippen LogP contribution in [0.1, 0.15) is 27.1 Å². The molecule has 1 aliphatic heterocycles. The van der Waals surface area contributed by atoms with Crippen molar-refractivity contribution < 1.29 is 19.1 Å². The Balaban J connectivity index is 1.91. The third kappa shape index (κ3) is 2.75. The van der Waals surface area contributed by atoms with Crippen LogP contribution in [0.3, 0.4) is 0 Å². The van der Waals surface area contributed by atoms with Gasteiger partial charge in [-0.25, -0.2) is 0 Å². The zero-order valence-corrected chi connectivity index (χ0v) is 13.7. The molecule has 0 saturated heterocycles. The molecule has 1 aliphatic rings. The van der Waals surface area contributed by atoms with E-state index in [1.807, 2.05) is 12.1 Å². The highest BCUT2D eigenvalue weighted by atomic mass is 35.5. The molecule has 2 amide bonds. The van der Waals surface area contributed by atoms with Crippen molar-refractivity contribution in [1.82, 2.24) is 4.90 Å². The third-order valence-corrected chi connectivity index (χ3v) is 4.88. The predicted octanol–water partition coefficient (Wildman–Crippen LogP) is 3.23. The van der Waals surface area contributed by atoms with Crippen LogP contribution in [0.5, 0.6) is 0 Å². The van der Waals surface area contributed by atoms with Crippen LogP contribution < -0.4 is 0 Å². The minimum atomic E-state index is -0.460. The maximum atomic E-state index is 12.6. The van der Waals surface area contributed by atoms with Gasteiger partial charge in [-0.05, 0) is 17.7 Å². The van der Waals surface area contributed by atoms with E-state index in [0.29, 0.717) is 16.1 Å². The van der Waals surface area contributed by atoms with E-state index in [4.69, 9.17) is 11.6 Å². The maximum absolute atomic E-state index is 12.6. The first-order chi connectivity index (χ1) is 11.0. The second kappa shape index (κ2) is 6.14. The molecule has 1 aromatic carbocycles. The van der Waals surface area contributed by atoms with Crippen LogP contribution in [0.15, 0.2) is 29.6 Å². The summed E-state index contributed by atoms with van der Waals surface area (Å²) in [6.07, 6.45) is -0.0159. The number of hydrogen-bond acceptors (Lipinski definition) is 5. The lowest BCUT2D eigenvalue weighted by atomic mass is 10.1. The van der Waals surface area contributed by atoms with Gasteiger partial charge in [0.25, 0.3) is 11.8 Å². The molecule has 118 valence electrons. The second-order valence-electron chi connectivity index (χ2n) is 4.95. The van der Waals surface area contributed by atoms with Gasteiger partial charge in [-0.3, -0.25) is 19.3 Å². The van der Waals surface area contributed by atoms with Crippen molar-refractivity contribution in [3.05, 3.63) is 45.8 Å². The summed E-state index contributed by atoms with van der Waals surface area (Å²) in [4.78, 5) is 38.0. The molecule has 7 heteroatoms. The number of imide groups is 1. The Labute approximate surface area is 141 Å². The lowest BCUT2D eigenvalue weighted by molar-refractivity contribution is -0.140. The Morgan fingerprint density at radius 1 is 1.22 bits per heavy atom. The zero-order chi connectivity index (χ0) is 16.6. The normalized spacial score (nSPS) is 13.4. The van der Waals surface area contributed by atoms with Gasteiger partial charge in [0.2, 0.25) is 0 Å². The van der Waals surface area contributed by atoms with Crippen molar-refractivity contribution in [3.8, 4) is 10.4 Å². The average molecular weight is 350 g/mol. The third-order valence-electron chi connectivity index (χ3n) is 3.60. The molecule has 0 bridgehead atoms. The van der Waals surface area contributed by atoms with Crippen LogP contribution in [0.25, 0.3) is 10.4 Å². The van der Waals surface area contributed by atoms with Gasteiger partial charge in [0.1, 0.15) is 0 Å². The molecule has 5 nitrogen and oxygen atoms in total. The number of thiophene rings is 1. The number of halogens is 1. The van der Waals surface area contributed by atoms with Gasteiger partial charge in [0.05, 0.1) is 24.7 Å². The molecular weight excluding hydrogens is 338 g/mol. The highest BCUT2D eigenvalue weighted by Gasteiger charge is 2.39. The Hall–Kier alpha value is -2.18. The van der Waals surface area contributed by atoms with Gasteiger partial charge in [-0.15, -0.1) is 11.3 Å². The molecular formula is C16H12ClNO4S. The molecule has 2 heterocycles. The van der Waals surface area contributed by atoms with Crippen LogP contribution in [0, 0.1) is 0 Å². The van der Waals surface area contributed by atoms with Gasteiger partial charge in [-0.2, -0.15) is 0 Å². The number of methoxy groups -OCH3 is 1. The average Bonchev–Trinajstić information content (AvgIpc) is 3.08. The zero-order valence-electron chi connectivity index (χ0n) is 12.2. The Kier molecular flexibility index (Phi) is 4.19. The second-order valence-corrected chi connectivity index (χ2v) is 6.26.